The molecule has 0 fully saturated rings. The molecule has 0 spiro atoms. The van der Waals surface area contributed by atoms with Gasteiger partial charge in [0.15, 0.2) is 11.5 Å². The van der Waals surface area contributed by atoms with Crippen LogP contribution in [0.15, 0.2) is 12.1 Å². The normalized spacial score (nSPS) is 9.76. The first-order valence-corrected chi connectivity index (χ1v) is 4.85. The van der Waals surface area contributed by atoms with Gasteiger partial charge in [-0.3, -0.25) is 4.79 Å². The number of likely N-dealkylation sites (N-methyl/N-ethyl adjacent to an activating group) is 1. The molecule has 0 saturated heterocycles. The van der Waals surface area contributed by atoms with E-state index in [0.717, 1.165) is 0 Å². The molecular weight excluding hydrogens is 224 g/mol. The van der Waals surface area contributed by atoms with Gasteiger partial charge < -0.3 is 21.1 Å². The van der Waals surface area contributed by atoms with Gasteiger partial charge in [-0.15, -0.1) is 0 Å². The first kappa shape index (κ1) is 12.8. The van der Waals surface area contributed by atoms with Crippen molar-refractivity contribution >= 4 is 23.4 Å². The van der Waals surface area contributed by atoms with Crippen LogP contribution in [0.5, 0.6) is 0 Å². The number of hydrogen-bond donors (Lipinski definition) is 3. The monoisotopic (exact) mass is 238 g/mol. The van der Waals surface area contributed by atoms with E-state index in [0.29, 0.717) is 5.69 Å². The van der Waals surface area contributed by atoms with Crippen molar-refractivity contribution < 1.29 is 14.7 Å². The second-order valence-electron chi connectivity index (χ2n) is 3.58. The Hall–Kier alpha value is -2.31. The fraction of sp³-hybridized carbons (Fsp3) is 0.300. The van der Waals surface area contributed by atoms with Gasteiger partial charge in [0.25, 0.3) is 0 Å². The van der Waals surface area contributed by atoms with Crippen molar-refractivity contribution in [2.45, 2.75) is 0 Å². The van der Waals surface area contributed by atoms with Gasteiger partial charge in [-0.25, -0.2) is 9.78 Å². The summed E-state index contributed by atoms with van der Waals surface area (Å²) < 4.78 is 0. The van der Waals surface area contributed by atoms with E-state index in [2.05, 4.69) is 10.3 Å². The van der Waals surface area contributed by atoms with Gasteiger partial charge in [0.1, 0.15) is 0 Å². The molecule has 1 aromatic heterocycles. The van der Waals surface area contributed by atoms with Crippen LogP contribution < -0.4 is 11.1 Å². The molecule has 0 radical (unpaired) electrons. The fourth-order valence-corrected chi connectivity index (χ4v) is 1.05. The number of nitrogens with zero attached hydrogens (tertiary/aromatic N) is 2. The summed E-state index contributed by atoms with van der Waals surface area (Å²) in [6.45, 7) is 0.00721. The van der Waals surface area contributed by atoms with Gasteiger partial charge in [0.05, 0.1) is 12.2 Å². The molecule has 0 unspecified atom stereocenters. The molecule has 4 N–H and O–H groups in total. The van der Waals surface area contributed by atoms with Crippen LogP contribution in [-0.4, -0.2) is 47.5 Å². The van der Waals surface area contributed by atoms with Crippen molar-refractivity contribution in [1.29, 1.82) is 0 Å². The molecule has 0 aliphatic heterocycles. The minimum atomic E-state index is -1.15. The third-order valence-electron chi connectivity index (χ3n) is 2.05. The van der Waals surface area contributed by atoms with Crippen LogP contribution in [0.4, 0.5) is 11.5 Å². The predicted molar refractivity (Wildman–Crippen MR) is 62.8 cm³/mol. The highest BCUT2D eigenvalue weighted by molar-refractivity contribution is 5.87. The SMILES string of the molecule is CN(C)C(=O)CNc1nc(C(=O)O)ccc1N. The van der Waals surface area contributed by atoms with Crippen LogP contribution in [0.3, 0.4) is 0 Å². The lowest BCUT2D eigenvalue weighted by Crippen LogP contribution is -2.29. The number of carboxylic acids is 1. The number of pyridine rings is 1. The Morgan fingerprint density at radius 1 is 1.47 bits per heavy atom. The number of anilines is 2. The van der Waals surface area contributed by atoms with E-state index in [1.165, 1.54) is 17.0 Å². The third-order valence-corrected chi connectivity index (χ3v) is 2.05. The van der Waals surface area contributed by atoms with E-state index in [4.69, 9.17) is 10.8 Å². The Balaban J connectivity index is 2.80. The molecule has 1 rings (SSSR count). The zero-order valence-corrected chi connectivity index (χ0v) is 9.60. The van der Waals surface area contributed by atoms with Crippen molar-refractivity contribution in [2.75, 3.05) is 31.7 Å². The molecule has 0 atom stereocenters. The number of hydrogen-bond acceptors (Lipinski definition) is 5. The predicted octanol–water partition coefficient (Wildman–Crippen LogP) is -0.138. The Kier molecular flexibility index (Phi) is 3.86. The van der Waals surface area contributed by atoms with E-state index in [1.54, 1.807) is 14.1 Å². The van der Waals surface area contributed by atoms with Crippen molar-refractivity contribution in [3.05, 3.63) is 17.8 Å². The van der Waals surface area contributed by atoms with Gasteiger partial charge in [-0.2, -0.15) is 0 Å². The summed E-state index contributed by atoms with van der Waals surface area (Å²) in [5.74, 6) is -1.11. The number of nitrogens with two attached hydrogens (primary N) is 1. The van der Waals surface area contributed by atoms with E-state index >= 15 is 0 Å². The second-order valence-corrected chi connectivity index (χ2v) is 3.58. The highest BCUT2D eigenvalue weighted by atomic mass is 16.4. The van der Waals surface area contributed by atoms with E-state index in [1.807, 2.05) is 0 Å². The zero-order valence-electron chi connectivity index (χ0n) is 9.60. The highest BCUT2D eigenvalue weighted by Gasteiger charge is 2.10. The first-order valence-electron chi connectivity index (χ1n) is 4.85. The molecule has 7 nitrogen and oxygen atoms in total. The first-order chi connectivity index (χ1) is 7.91. The summed E-state index contributed by atoms with van der Waals surface area (Å²) in [4.78, 5) is 27.2. The number of amides is 1. The van der Waals surface area contributed by atoms with Crippen LogP contribution in [0, 0.1) is 0 Å². The number of aromatic nitrogens is 1. The number of nitrogen functional groups attached to an aromatic ring is 1. The molecule has 7 heteroatoms. The van der Waals surface area contributed by atoms with Gasteiger partial charge in [-0.05, 0) is 12.1 Å². The topological polar surface area (TPSA) is 109 Å². The number of rotatable bonds is 4. The van der Waals surface area contributed by atoms with Crippen LogP contribution in [-0.2, 0) is 4.79 Å². The number of carbonyl (C=O) groups is 2. The largest absolute Gasteiger partial charge is 0.477 e. The average molecular weight is 238 g/mol. The van der Waals surface area contributed by atoms with E-state index in [9.17, 15) is 9.59 Å². The molecule has 1 aromatic rings. The molecule has 0 aromatic carbocycles. The average Bonchev–Trinajstić information content (AvgIpc) is 2.26. The summed E-state index contributed by atoms with van der Waals surface area (Å²) in [5.41, 5.74) is 5.78. The quantitative estimate of drug-likeness (QED) is 0.673. The molecular formula is C10H14N4O3. The number of nitrogens with one attached hydrogen (secondary N) is 1. The molecule has 0 aliphatic carbocycles. The maximum atomic E-state index is 11.3. The molecule has 92 valence electrons. The summed E-state index contributed by atoms with van der Waals surface area (Å²) in [5, 5.41) is 11.5. The lowest BCUT2D eigenvalue weighted by molar-refractivity contribution is -0.126. The molecule has 1 amide bonds. The van der Waals surface area contributed by atoms with Gasteiger partial charge >= 0.3 is 5.97 Å². The minimum Gasteiger partial charge on any atom is -0.477 e. The van der Waals surface area contributed by atoms with Crippen LogP contribution in [0.25, 0.3) is 0 Å². The summed E-state index contributed by atoms with van der Waals surface area (Å²) >= 11 is 0. The molecule has 0 aliphatic rings. The Labute approximate surface area is 98.2 Å². The standard InChI is InChI=1S/C10H14N4O3/c1-14(2)8(15)5-12-9-6(11)3-4-7(13-9)10(16)17/h3-4H,5,11H2,1-2H3,(H,12,13)(H,16,17). The summed E-state index contributed by atoms with van der Waals surface area (Å²) in [6.07, 6.45) is 0. The summed E-state index contributed by atoms with van der Waals surface area (Å²) in [7, 11) is 3.24. The molecule has 0 saturated carbocycles. The van der Waals surface area contributed by atoms with Crippen molar-refractivity contribution in [2.24, 2.45) is 0 Å². The van der Waals surface area contributed by atoms with Crippen molar-refractivity contribution in [3.8, 4) is 0 Å². The van der Waals surface area contributed by atoms with Gasteiger partial charge in [0, 0.05) is 14.1 Å². The zero-order chi connectivity index (χ0) is 13.0. The molecule has 1 heterocycles. The van der Waals surface area contributed by atoms with Crippen LogP contribution in [0.1, 0.15) is 10.5 Å². The maximum absolute atomic E-state index is 11.3. The van der Waals surface area contributed by atoms with Crippen LogP contribution in [0.2, 0.25) is 0 Å². The fourth-order valence-electron chi connectivity index (χ4n) is 1.05. The highest BCUT2D eigenvalue weighted by Crippen LogP contribution is 2.15. The maximum Gasteiger partial charge on any atom is 0.354 e. The summed E-state index contributed by atoms with van der Waals surface area (Å²) in [6, 6.07) is 2.73. The smallest absolute Gasteiger partial charge is 0.354 e. The lowest BCUT2D eigenvalue weighted by Gasteiger charge is -2.12. The minimum absolute atomic E-state index is 0.00721. The number of carbonyl (C=O) groups excluding carboxylic acids is 1. The Morgan fingerprint density at radius 2 is 2.12 bits per heavy atom. The van der Waals surface area contributed by atoms with Crippen molar-refractivity contribution in [3.63, 3.8) is 0 Å². The lowest BCUT2D eigenvalue weighted by atomic mass is 10.3. The van der Waals surface area contributed by atoms with E-state index < -0.39 is 5.97 Å². The second kappa shape index (κ2) is 5.15. The molecule has 17 heavy (non-hydrogen) atoms. The van der Waals surface area contributed by atoms with Crippen LogP contribution >= 0.6 is 0 Å². The third kappa shape index (κ3) is 3.33. The van der Waals surface area contributed by atoms with E-state index in [-0.39, 0.29) is 24.0 Å². The van der Waals surface area contributed by atoms with Gasteiger partial charge in [-0.1, -0.05) is 0 Å². The number of aromatic carboxylic acids is 1. The van der Waals surface area contributed by atoms with Crippen molar-refractivity contribution in [1.82, 2.24) is 9.88 Å². The molecule has 0 bridgehead atoms. The van der Waals surface area contributed by atoms with Gasteiger partial charge in [0.2, 0.25) is 5.91 Å². The number of carboxylic acid groups (broad SMARTS) is 1. The Bertz CT molecular complexity index is 445. The Morgan fingerprint density at radius 3 is 2.65 bits per heavy atom.